The minimum Gasteiger partial charge on any atom is -0.462 e. The lowest BCUT2D eigenvalue weighted by molar-refractivity contribution is 0.0527. The lowest BCUT2D eigenvalue weighted by atomic mass is 10.2. The van der Waals surface area contributed by atoms with Gasteiger partial charge in [-0.15, -0.1) is 0 Å². The van der Waals surface area contributed by atoms with Gasteiger partial charge in [0.15, 0.2) is 0 Å². The topological polar surface area (TPSA) is 74.4 Å². The van der Waals surface area contributed by atoms with Crippen molar-refractivity contribution in [1.29, 1.82) is 0 Å². The Morgan fingerprint density at radius 2 is 2.10 bits per heavy atom. The fourth-order valence-corrected chi connectivity index (χ4v) is 2.03. The molecule has 0 spiro atoms. The minimum absolute atomic E-state index is 0.0739. The van der Waals surface area contributed by atoms with Crippen LogP contribution in [0.1, 0.15) is 17.3 Å². The molecule has 1 heterocycles. The smallest absolute Gasteiger partial charge is 0.340 e. The highest BCUT2D eigenvalue weighted by Crippen LogP contribution is 2.33. The SMILES string of the molecule is CCOC(=O)c1ccnc(Oc2ccc(Cl)cc2Cl)c1N. The molecule has 0 amide bonds. The quantitative estimate of drug-likeness (QED) is 0.861. The highest BCUT2D eigenvalue weighted by Gasteiger charge is 2.16. The second-order valence-corrected chi connectivity index (χ2v) is 4.82. The number of anilines is 1. The van der Waals surface area contributed by atoms with Crippen molar-refractivity contribution in [2.45, 2.75) is 6.92 Å². The van der Waals surface area contributed by atoms with E-state index in [4.69, 9.17) is 38.4 Å². The number of nitrogens with two attached hydrogens (primary N) is 1. The maximum absolute atomic E-state index is 11.8. The van der Waals surface area contributed by atoms with Crippen LogP contribution in [-0.4, -0.2) is 17.6 Å². The van der Waals surface area contributed by atoms with Gasteiger partial charge in [0, 0.05) is 11.2 Å². The molecule has 21 heavy (non-hydrogen) atoms. The van der Waals surface area contributed by atoms with E-state index in [1.807, 2.05) is 0 Å². The number of ether oxygens (including phenoxy) is 2. The molecule has 0 atom stereocenters. The van der Waals surface area contributed by atoms with Gasteiger partial charge >= 0.3 is 5.97 Å². The fraction of sp³-hybridized carbons (Fsp3) is 0.143. The summed E-state index contributed by atoms with van der Waals surface area (Å²) < 4.78 is 10.4. The Morgan fingerprint density at radius 1 is 1.33 bits per heavy atom. The number of carbonyl (C=O) groups excluding carboxylic acids is 1. The molecule has 7 heteroatoms. The first-order chi connectivity index (χ1) is 10.0. The van der Waals surface area contributed by atoms with Crippen LogP contribution in [0.15, 0.2) is 30.5 Å². The molecular weight excluding hydrogens is 315 g/mol. The summed E-state index contributed by atoms with van der Waals surface area (Å²) in [6.07, 6.45) is 1.40. The number of rotatable bonds is 4. The van der Waals surface area contributed by atoms with Crippen LogP contribution in [0, 0.1) is 0 Å². The normalized spacial score (nSPS) is 10.2. The summed E-state index contributed by atoms with van der Waals surface area (Å²) in [5.74, 6) is -0.129. The van der Waals surface area contributed by atoms with Crippen LogP contribution in [0.2, 0.25) is 10.0 Å². The van der Waals surface area contributed by atoms with Crippen LogP contribution in [0.4, 0.5) is 5.69 Å². The third-order valence-electron chi connectivity index (χ3n) is 2.55. The number of hydrogen-bond donors (Lipinski definition) is 1. The van der Waals surface area contributed by atoms with Gasteiger partial charge in [0.1, 0.15) is 11.4 Å². The van der Waals surface area contributed by atoms with Crippen molar-refractivity contribution in [2.24, 2.45) is 0 Å². The van der Waals surface area contributed by atoms with E-state index in [0.29, 0.717) is 15.8 Å². The molecule has 0 fully saturated rings. The monoisotopic (exact) mass is 326 g/mol. The highest BCUT2D eigenvalue weighted by atomic mass is 35.5. The Morgan fingerprint density at radius 3 is 2.76 bits per heavy atom. The van der Waals surface area contributed by atoms with Crippen LogP contribution in [0.5, 0.6) is 11.6 Å². The molecular formula is C14H12Cl2N2O3. The van der Waals surface area contributed by atoms with Crippen molar-refractivity contribution >= 4 is 34.9 Å². The summed E-state index contributed by atoms with van der Waals surface area (Å²) in [4.78, 5) is 15.7. The zero-order chi connectivity index (χ0) is 15.4. The van der Waals surface area contributed by atoms with Crippen LogP contribution >= 0.6 is 23.2 Å². The van der Waals surface area contributed by atoms with Gasteiger partial charge in [-0.3, -0.25) is 0 Å². The van der Waals surface area contributed by atoms with Crippen LogP contribution < -0.4 is 10.5 Å². The van der Waals surface area contributed by atoms with E-state index in [9.17, 15) is 4.79 Å². The average Bonchev–Trinajstić information content (AvgIpc) is 2.44. The Labute approximate surface area is 131 Å². The minimum atomic E-state index is -0.538. The van der Waals surface area contributed by atoms with Gasteiger partial charge in [0.25, 0.3) is 0 Å². The summed E-state index contributed by atoms with van der Waals surface area (Å²) in [5, 5.41) is 0.791. The van der Waals surface area contributed by atoms with Crippen molar-refractivity contribution in [3.05, 3.63) is 46.1 Å². The van der Waals surface area contributed by atoms with E-state index in [2.05, 4.69) is 4.98 Å². The van der Waals surface area contributed by atoms with E-state index in [-0.39, 0.29) is 23.7 Å². The van der Waals surface area contributed by atoms with Crippen molar-refractivity contribution in [2.75, 3.05) is 12.3 Å². The van der Waals surface area contributed by atoms with Gasteiger partial charge in [0.05, 0.1) is 17.2 Å². The second kappa shape index (κ2) is 6.65. The number of halogens is 2. The number of benzene rings is 1. The first kappa shape index (κ1) is 15.4. The van der Waals surface area contributed by atoms with Crippen LogP contribution in [0.3, 0.4) is 0 Å². The first-order valence-corrected chi connectivity index (χ1v) is 6.83. The predicted octanol–water partition coefficient (Wildman–Crippen LogP) is 3.94. The Kier molecular flexibility index (Phi) is 4.88. The average molecular weight is 327 g/mol. The number of nitrogen functional groups attached to an aromatic ring is 1. The summed E-state index contributed by atoms with van der Waals surface area (Å²) in [6.45, 7) is 1.96. The molecule has 0 aliphatic carbocycles. The zero-order valence-corrected chi connectivity index (χ0v) is 12.6. The molecule has 5 nitrogen and oxygen atoms in total. The zero-order valence-electron chi connectivity index (χ0n) is 11.1. The van der Waals surface area contributed by atoms with Crippen molar-refractivity contribution < 1.29 is 14.3 Å². The van der Waals surface area contributed by atoms with Gasteiger partial charge in [-0.05, 0) is 31.2 Å². The van der Waals surface area contributed by atoms with Crippen molar-refractivity contribution in [3.63, 3.8) is 0 Å². The number of aromatic nitrogens is 1. The van der Waals surface area contributed by atoms with E-state index >= 15 is 0 Å². The molecule has 0 aliphatic rings. The molecule has 0 radical (unpaired) electrons. The van der Waals surface area contributed by atoms with Crippen molar-refractivity contribution in [3.8, 4) is 11.6 Å². The maximum Gasteiger partial charge on any atom is 0.340 e. The number of carbonyl (C=O) groups is 1. The molecule has 2 N–H and O–H groups in total. The fourth-order valence-electron chi connectivity index (χ4n) is 1.58. The summed E-state index contributed by atoms with van der Waals surface area (Å²) in [7, 11) is 0. The molecule has 0 aliphatic heterocycles. The Bertz CT molecular complexity index is 677. The van der Waals surface area contributed by atoms with Gasteiger partial charge < -0.3 is 15.2 Å². The van der Waals surface area contributed by atoms with Crippen LogP contribution in [-0.2, 0) is 4.74 Å². The van der Waals surface area contributed by atoms with Gasteiger partial charge in [-0.1, -0.05) is 23.2 Å². The van der Waals surface area contributed by atoms with E-state index in [1.165, 1.54) is 18.3 Å². The van der Waals surface area contributed by atoms with E-state index in [1.54, 1.807) is 19.1 Å². The lowest BCUT2D eigenvalue weighted by Crippen LogP contribution is -2.09. The lowest BCUT2D eigenvalue weighted by Gasteiger charge is -2.11. The van der Waals surface area contributed by atoms with E-state index < -0.39 is 5.97 Å². The van der Waals surface area contributed by atoms with Gasteiger partial charge in [0.2, 0.25) is 5.88 Å². The standard InChI is InChI=1S/C14H12Cl2N2O3/c1-2-20-14(19)9-5-6-18-13(12(9)17)21-11-4-3-8(15)7-10(11)16/h3-7H,2,17H2,1H3. The predicted molar refractivity (Wildman–Crippen MR) is 81.1 cm³/mol. The molecule has 1 aromatic heterocycles. The summed E-state index contributed by atoms with van der Waals surface area (Å²) in [5.41, 5.74) is 6.16. The molecule has 2 rings (SSSR count). The van der Waals surface area contributed by atoms with Crippen molar-refractivity contribution in [1.82, 2.24) is 4.98 Å². The summed E-state index contributed by atoms with van der Waals surface area (Å²) in [6, 6.07) is 6.20. The molecule has 0 bridgehead atoms. The van der Waals surface area contributed by atoms with E-state index in [0.717, 1.165) is 0 Å². The molecule has 1 aromatic carbocycles. The molecule has 0 saturated heterocycles. The van der Waals surface area contributed by atoms with Crippen LogP contribution in [0.25, 0.3) is 0 Å². The number of hydrogen-bond acceptors (Lipinski definition) is 5. The Balaban J connectivity index is 2.32. The number of esters is 1. The second-order valence-electron chi connectivity index (χ2n) is 3.97. The third kappa shape index (κ3) is 3.56. The third-order valence-corrected chi connectivity index (χ3v) is 3.08. The molecule has 0 saturated carbocycles. The number of nitrogens with zero attached hydrogens (tertiary/aromatic N) is 1. The highest BCUT2D eigenvalue weighted by molar-refractivity contribution is 6.35. The molecule has 0 unspecified atom stereocenters. The molecule has 2 aromatic rings. The van der Waals surface area contributed by atoms with Gasteiger partial charge in [-0.25, -0.2) is 9.78 Å². The Hall–Kier alpha value is -1.98. The summed E-state index contributed by atoms with van der Waals surface area (Å²) >= 11 is 11.8. The maximum atomic E-state index is 11.8. The number of pyridine rings is 1. The largest absolute Gasteiger partial charge is 0.462 e. The first-order valence-electron chi connectivity index (χ1n) is 6.07. The van der Waals surface area contributed by atoms with Gasteiger partial charge in [-0.2, -0.15) is 0 Å². The molecule has 110 valence electrons.